The summed E-state index contributed by atoms with van der Waals surface area (Å²) in [5.41, 5.74) is 1.11. The molecule has 64 valence electrons. The van der Waals surface area contributed by atoms with Gasteiger partial charge in [0.25, 0.3) is 0 Å². The highest BCUT2D eigenvalue weighted by Gasteiger charge is 2.01. The molecular formula is C9H6N2OS. The molecule has 0 aliphatic rings. The molecule has 0 saturated carbocycles. The predicted molar refractivity (Wildman–Crippen MR) is 52.4 cm³/mol. The van der Waals surface area contributed by atoms with Crippen molar-refractivity contribution in [2.75, 3.05) is 7.11 Å². The van der Waals surface area contributed by atoms with Crippen molar-refractivity contribution in [2.24, 2.45) is 4.99 Å². The molecule has 0 amide bonds. The van der Waals surface area contributed by atoms with Gasteiger partial charge in [0.2, 0.25) is 0 Å². The summed E-state index contributed by atoms with van der Waals surface area (Å²) in [5.74, 6) is 0.494. The fraction of sp³-hybridized carbons (Fsp3) is 0.111. The van der Waals surface area contributed by atoms with E-state index in [1.54, 1.807) is 18.2 Å². The third-order valence-electron chi connectivity index (χ3n) is 1.48. The van der Waals surface area contributed by atoms with Gasteiger partial charge in [0, 0.05) is 6.07 Å². The van der Waals surface area contributed by atoms with Crippen LogP contribution in [0.25, 0.3) is 0 Å². The van der Waals surface area contributed by atoms with Gasteiger partial charge in [0.15, 0.2) is 0 Å². The van der Waals surface area contributed by atoms with Crippen molar-refractivity contribution < 1.29 is 4.74 Å². The zero-order valence-electron chi connectivity index (χ0n) is 6.94. The second-order valence-electron chi connectivity index (χ2n) is 2.20. The summed E-state index contributed by atoms with van der Waals surface area (Å²) in [4.78, 5) is 3.77. The van der Waals surface area contributed by atoms with Crippen LogP contribution in [-0.4, -0.2) is 12.3 Å². The first-order chi connectivity index (χ1) is 6.31. The van der Waals surface area contributed by atoms with Crippen molar-refractivity contribution in [1.29, 1.82) is 5.26 Å². The van der Waals surface area contributed by atoms with Crippen molar-refractivity contribution in [3.63, 3.8) is 0 Å². The van der Waals surface area contributed by atoms with Crippen LogP contribution in [0.3, 0.4) is 0 Å². The van der Waals surface area contributed by atoms with E-state index in [4.69, 9.17) is 10.00 Å². The molecule has 3 nitrogen and oxygen atoms in total. The van der Waals surface area contributed by atoms with Crippen LogP contribution in [0.15, 0.2) is 23.2 Å². The molecule has 0 radical (unpaired) electrons. The Morgan fingerprint density at radius 1 is 1.54 bits per heavy atom. The second kappa shape index (κ2) is 4.36. The molecule has 0 heterocycles. The van der Waals surface area contributed by atoms with Crippen LogP contribution >= 0.6 is 12.2 Å². The SMILES string of the molecule is COc1cc(N=C=S)ccc1C#N. The van der Waals surface area contributed by atoms with Crippen LogP contribution in [0, 0.1) is 11.3 Å². The van der Waals surface area contributed by atoms with Crippen LogP contribution in [0.1, 0.15) is 5.56 Å². The summed E-state index contributed by atoms with van der Waals surface area (Å²) in [5, 5.41) is 10.9. The van der Waals surface area contributed by atoms with Crippen LogP contribution < -0.4 is 4.74 Å². The van der Waals surface area contributed by atoms with Gasteiger partial charge in [-0.25, -0.2) is 0 Å². The van der Waals surface area contributed by atoms with Crippen LogP contribution in [0.4, 0.5) is 5.69 Å². The van der Waals surface area contributed by atoms with Crippen LogP contribution in [0.5, 0.6) is 5.75 Å². The third-order valence-corrected chi connectivity index (χ3v) is 1.57. The number of isothiocyanates is 1. The molecule has 1 aromatic carbocycles. The Morgan fingerprint density at radius 2 is 2.31 bits per heavy atom. The van der Waals surface area contributed by atoms with Crippen molar-refractivity contribution in [2.45, 2.75) is 0 Å². The molecule has 4 heteroatoms. The van der Waals surface area contributed by atoms with Crippen molar-refractivity contribution >= 4 is 23.1 Å². The molecule has 0 bridgehead atoms. The van der Waals surface area contributed by atoms with Gasteiger partial charge >= 0.3 is 0 Å². The monoisotopic (exact) mass is 190 g/mol. The lowest BCUT2D eigenvalue weighted by atomic mass is 10.2. The number of benzene rings is 1. The Bertz CT molecular complexity index is 403. The summed E-state index contributed by atoms with van der Waals surface area (Å²) >= 11 is 4.45. The van der Waals surface area contributed by atoms with Crippen molar-refractivity contribution in [3.05, 3.63) is 23.8 Å². The molecule has 0 fully saturated rings. The number of thiocarbonyl (C=S) groups is 1. The quantitative estimate of drug-likeness (QED) is 0.531. The first-order valence-corrected chi connectivity index (χ1v) is 3.88. The summed E-state index contributed by atoms with van der Waals surface area (Å²) in [7, 11) is 1.50. The number of aliphatic imine (C=N–C) groups is 1. The molecule has 0 unspecified atom stereocenters. The highest BCUT2D eigenvalue weighted by molar-refractivity contribution is 7.78. The topological polar surface area (TPSA) is 45.4 Å². The minimum atomic E-state index is 0.478. The van der Waals surface area contributed by atoms with Crippen molar-refractivity contribution in [1.82, 2.24) is 0 Å². The first kappa shape index (κ1) is 9.40. The van der Waals surface area contributed by atoms with Crippen LogP contribution in [0.2, 0.25) is 0 Å². The molecule has 0 saturated heterocycles. The maximum atomic E-state index is 8.67. The van der Waals surface area contributed by atoms with Gasteiger partial charge in [-0.1, -0.05) is 0 Å². The van der Waals surface area contributed by atoms with E-state index >= 15 is 0 Å². The maximum absolute atomic E-state index is 8.67. The Kier molecular flexibility index (Phi) is 3.15. The molecule has 0 N–H and O–H groups in total. The van der Waals surface area contributed by atoms with Gasteiger partial charge in [-0.3, -0.25) is 0 Å². The van der Waals surface area contributed by atoms with Gasteiger partial charge in [-0.05, 0) is 24.4 Å². The number of nitriles is 1. The minimum Gasteiger partial charge on any atom is -0.495 e. The molecule has 1 aromatic rings. The lowest BCUT2D eigenvalue weighted by Crippen LogP contribution is -1.86. The summed E-state index contributed by atoms with van der Waals surface area (Å²) in [6, 6.07) is 6.95. The van der Waals surface area contributed by atoms with Gasteiger partial charge in [-0.2, -0.15) is 10.3 Å². The zero-order valence-corrected chi connectivity index (χ0v) is 7.76. The molecule has 1 rings (SSSR count). The van der Waals surface area contributed by atoms with E-state index in [0.29, 0.717) is 17.0 Å². The Balaban J connectivity index is 3.22. The number of methoxy groups -OCH3 is 1. The average Bonchev–Trinajstić information content (AvgIpc) is 2.18. The number of hydrogen-bond acceptors (Lipinski definition) is 4. The smallest absolute Gasteiger partial charge is 0.138 e. The first-order valence-electron chi connectivity index (χ1n) is 3.48. The van der Waals surface area contributed by atoms with Gasteiger partial charge in [-0.15, -0.1) is 0 Å². The van der Waals surface area contributed by atoms with E-state index in [0.717, 1.165) is 0 Å². The molecule has 0 aromatic heterocycles. The highest BCUT2D eigenvalue weighted by atomic mass is 32.1. The third kappa shape index (κ3) is 2.12. The Hall–Kier alpha value is -1.69. The summed E-state index contributed by atoms with van der Waals surface area (Å²) in [6.07, 6.45) is 0. The molecule has 0 atom stereocenters. The summed E-state index contributed by atoms with van der Waals surface area (Å²) < 4.78 is 4.98. The number of nitrogens with zero attached hydrogens (tertiary/aromatic N) is 2. The lowest BCUT2D eigenvalue weighted by molar-refractivity contribution is 0.413. The molecular weight excluding hydrogens is 184 g/mol. The van der Waals surface area contributed by atoms with Gasteiger partial charge in [0.1, 0.15) is 11.8 Å². The molecule has 0 aliphatic carbocycles. The fourth-order valence-corrected chi connectivity index (χ4v) is 1.000. The molecule has 0 aliphatic heterocycles. The Labute approximate surface area is 81.3 Å². The Morgan fingerprint density at radius 3 is 2.85 bits per heavy atom. The normalized spacial score (nSPS) is 8.31. The lowest BCUT2D eigenvalue weighted by Gasteiger charge is -2.01. The molecule has 0 spiro atoms. The maximum Gasteiger partial charge on any atom is 0.138 e. The zero-order chi connectivity index (χ0) is 9.68. The van der Waals surface area contributed by atoms with E-state index in [2.05, 4.69) is 22.4 Å². The highest BCUT2D eigenvalue weighted by Crippen LogP contribution is 2.23. The van der Waals surface area contributed by atoms with E-state index in [1.165, 1.54) is 7.11 Å². The second-order valence-corrected chi connectivity index (χ2v) is 2.38. The predicted octanol–water partition coefficient (Wildman–Crippen LogP) is 2.30. The standard InChI is InChI=1S/C9H6N2OS/c1-12-9-4-8(11-6-13)3-2-7(9)5-10/h2-4H,1H3. The number of rotatable bonds is 2. The van der Waals surface area contributed by atoms with Gasteiger partial charge in [0.05, 0.1) is 23.5 Å². The average molecular weight is 190 g/mol. The minimum absolute atomic E-state index is 0.478. The van der Waals surface area contributed by atoms with E-state index in [1.807, 2.05) is 6.07 Å². The fourth-order valence-electron chi connectivity index (χ4n) is 0.895. The number of hydrogen-bond donors (Lipinski definition) is 0. The van der Waals surface area contributed by atoms with Gasteiger partial charge < -0.3 is 4.74 Å². The largest absolute Gasteiger partial charge is 0.495 e. The van der Waals surface area contributed by atoms with E-state index in [9.17, 15) is 0 Å². The molecule has 13 heavy (non-hydrogen) atoms. The summed E-state index contributed by atoms with van der Waals surface area (Å²) in [6.45, 7) is 0. The van der Waals surface area contributed by atoms with Crippen molar-refractivity contribution in [3.8, 4) is 11.8 Å². The number of ether oxygens (including phenoxy) is 1. The van der Waals surface area contributed by atoms with Crippen LogP contribution in [-0.2, 0) is 0 Å². The van der Waals surface area contributed by atoms with E-state index < -0.39 is 0 Å². The van der Waals surface area contributed by atoms with E-state index in [-0.39, 0.29) is 0 Å².